The van der Waals surface area contributed by atoms with E-state index in [1.54, 1.807) is 4.90 Å². The van der Waals surface area contributed by atoms with Crippen LogP contribution in [0.15, 0.2) is 28.6 Å². The van der Waals surface area contributed by atoms with E-state index >= 15 is 0 Å². The van der Waals surface area contributed by atoms with Crippen LogP contribution in [0.4, 0.5) is 19.0 Å². The number of thiophene rings is 1. The molecule has 0 bridgehead atoms. The molecule has 1 aliphatic heterocycles. The quantitative estimate of drug-likeness (QED) is 0.699. The first-order valence-corrected chi connectivity index (χ1v) is 11.3. The molecule has 0 aromatic carbocycles. The van der Waals surface area contributed by atoms with Crippen LogP contribution in [0.3, 0.4) is 0 Å². The number of rotatable bonds is 4. The van der Waals surface area contributed by atoms with Gasteiger partial charge in [0.2, 0.25) is 5.91 Å². The molecule has 1 N–H and O–H groups in total. The van der Waals surface area contributed by atoms with Gasteiger partial charge in [0.15, 0.2) is 0 Å². The summed E-state index contributed by atoms with van der Waals surface area (Å²) in [4.78, 5) is 17.8. The maximum absolute atomic E-state index is 12.7. The first-order valence-electron chi connectivity index (χ1n) is 8.27. The van der Waals surface area contributed by atoms with Gasteiger partial charge < -0.3 is 4.90 Å². The lowest BCUT2D eigenvalue weighted by Crippen LogP contribution is -2.42. The van der Waals surface area contributed by atoms with Crippen molar-refractivity contribution in [2.24, 2.45) is 5.92 Å². The number of aromatic nitrogens is 1. The summed E-state index contributed by atoms with van der Waals surface area (Å²) in [6, 6.07) is 3.54. The molecule has 2 aromatic rings. The SMILES string of the molecule is O=C(NS(=O)(=O)c1ccc(Cl)s1)C1CCN(c2ncc(C(F)(F)F)cc2Cl)CC1. The van der Waals surface area contributed by atoms with Crippen LogP contribution in [0, 0.1) is 5.92 Å². The molecule has 1 saturated heterocycles. The third kappa shape index (κ3) is 5.14. The Kier molecular flexibility index (Phi) is 6.32. The standard InChI is InChI=1S/C16H14Cl2F3N3O3S2/c17-11-7-10(16(19,20)21)8-22-14(11)24-5-3-9(4-6-24)15(25)23-29(26,27)13-2-1-12(18)28-13/h1-2,7-9H,3-6H2,(H,23,25). The minimum absolute atomic E-state index is 0.0611. The van der Waals surface area contributed by atoms with Gasteiger partial charge in [0.25, 0.3) is 10.0 Å². The second-order valence-corrected chi connectivity index (χ2v) is 10.3. The van der Waals surface area contributed by atoms with Gasteiger partial charge in [0, 0.05) is 25.2 Å². The van der Waals surface area contributed by atoms with E-state index in [1.165, 1.54) is 12.1 Å². The predicted molar refractivity (Wildman–Crippen MR) is 104 cm³/mol. The maximum atomic E-state index is 12.7. The molecular weight excluding hydrogens is 474 g/mol. The summed E-state index contributed by atoms with van der Waals surface area (Å²) in [7, 11) is -4.00. The van der Waals surface area contributed by atoms with E-state index in [9.17, 15) is 26.4 Å². The number of hydrogen-bond acceptors (Lipinski definition) is 6. The lowest BCUT2D eigenvalue weighted by Gasteiger charge is -2.32. The van der Waals surface area contributed by atoms with Gasteiger partial charge in [0.05, 0.1) is 14.9 Å². The summed E-state index contributed by atoms with van der Waals surface area (Å²) in [6.07, 6.45) is -3.24. The number of carbonyl (C=O) groups excluding carboxylic acids is 1. The number of amides is 1. The van der Waals surface area contributed by atoms with Crippen molar-refractivity contribution in [2.45, 2.75) is 23.2 Å². The van der Waals surface area contributed by atoms with Crippen molar-refractivity contribution >= 4 is 56.3 Å². The number of halogens is 5. The number of hydrogen-bond donors (Lipinski definition) is 1. The highest BCUT2D eigenvalue weighted by Gasteiger charge is 2.33. The highest BCUT2D eigenvalue weighted by molar-refractivity contribution is 7.92. The van der Waals surface area contributed by atoms with Gasteiger partial charge in [-0.3, -0.25) is 4.79 Å². The number of sulfonamides is 1. The van der Waals surface area contributed by atoms with Crippen LogP contribution in [0.25, 0.3) is 0 Å². The fourth-order valence-electron chi connectivity index (χ4n) is 2.88. The lowest BCUT2D eigenvalue weighted by molar-refractivity contribution is -0.137. The number of anilines is 1. The van der Waals surface area contributed by atoms with Crippen LogP contribution in [0.5, 0.6) is 0 Å². The van der Waals surface area contributed by atoms with E-state index < -0.39 is 33.6 Å². The maximum Gasteiger partial charge on any atom is 0.417 e. The van der Waals surface area contributed by atoms with Crippen LogP contribution in [0.1, 0.15) is 18.4 Å². The van der Waals surface area contributed by atoms with Crippen molar-refractivity contribution in [3.8, 4) is 0 Å². The Labute approximate surface area is 178 Å². The van der Waals surface area contributed by atoms with E-state index in [0.717, 1.165) is 17.4 Å². The van der Waals surface area contributed by atoms with Gasteiger partial charge in [-0.25, -0.2) is 18.1 Å². The Hall–Kier alpha value is -1.56. The monoisotopic (exact) mass is 487 g/mol. The Morgan fingerprint density at radius 3 is 2.41 bits per heavy atom. The van der Waals surface area contributed by atoms with Crippen molar-refractivity contribution in [3.63, 3.8) is 0 Å². The first-order chi connectivity index (χ1) is 13.5. The van der Waals surface area contributed by atoms with Gasteiger partial charge in [-0.15, -0.1) is 11.3 Å². The molecule has 158 valence electrons. The summed E-state index contributed by atoms with van der Waals surface area (Å²) < 4.78 is 64.9. The Morgan fingerprint density at radius 2 is 1.90 bits per heavy atom. The molecular formula is C16H14Cl2F3N3O3S2. The van der Waals surface area contributed by atoms with E-state index in [-0.39, 0.29) is 19.4 Å². The van der Waals surface area contributed by atoms with E-state index in [4.69, 9.17) is 23.2 Å². The molecule has 0 radical (unpaired) electrons. The molecule has 1 amide bonds. The Balaban J connectivity index is 1.62. The summed E-state index contributed by atoms with van der Waals surface area (Å²) in [5, 5.41) is -0.139. The van der Waals surface area contributed by atoms with Crippen LogP contribution >= 0.6 is 34.5 Å². The normalized spacial score (nSPS) is 16.1. The molecule has 1 aliphatic rings. The summed E-state index contributed by atoms with van der Waals surface area (Å²) in [5.74, 6) is -1.01. The average molecular weight is 488 g/mol. The molecule has 2 aromatic heterocycles. The highest BCUT2D eigenvalue weighted by atomic mass is 35.5. The molecule has 0 aliphatic carbocycles. The molecule has 0 unspecified atom stereocenters. The van der Waals surface area contributed by atoms with Gasteiger partial charge in [0.1, 0.15) is 10.0 Å². The van der Waals surface area contributed by atoms with E-state index in [2.05, 4.69) is 4.98 Å². The number of piperidine rings is 1. The van der Waals surface area contributed by atoms with Gasteiger partial charge in [-0.1, -0.05) is 23.2 Å². The van der Waals surface area contributed by atoms with Gasteiger partial charge >= 0.3 is 6.18 Å². The Morgan fingerprint density at radius 1 is 1.24 bits per heavy atom. The minimum atomic E-state index is -4.54. The van der Waals surface area contributed by atoms with Crippen LogP contribution in [0.2, 0.25) is 9.36 Å². The second kappa shape index (κ2) is 8.29. The fraction of sp³-hybridized carbons (Fsp3) is 0.375. The molecule has 3 rings (SSSR count). The number of nitrogens with zero attached hydrogens (tertiary/aromatic N) is 2. The van der Waals surface area contributed by atoms with Crippen molar-refractivity contribution in [1.29, 1.82) is 0 Å². The number of alkyl halides is 3. The molecule has 0 spiro atoms. The average Bonchev–Trinajstić information content (AvgIpc) is 3.08. The summed E-state index contributed by atoms with van der Waals surface area (Å²) in [6.45, 7) is 0.585. The molecule has 0 atom stereocenters. The van der Waals surface area contributed by atoms with Crippen LogP contribution < -0.4 is 9.62 Å². The summed E-state index contributed by atoms with van der Waals surface area (Å²) in [5.41, 5.74) is -0.945. The van der Waals surface area contributed by atoms with E-state index in [1.807, 2.05) is 4.72 Å². The van der Waals surface area contributed by atoms with Crippen LogP contribution in [-0.4, -0.2) is 32.4 Å². The summed E-state index contributed by atoms with van der Waals surface area (Å²) >= 11 is 12.5. The molecule has 3 heterocycles. The Bertz CT molecular complexity index is 1020. The zero-order valence-electron chi connectivity index (χ0n) is 14.5. The minimum Gasteiger partial charge on any atom is -0.355 e. The third-order valence-corrected chi connectivity index (χ3v) is 7.71. The second-order valence-electron chi connectivity index (χ2n) is 6.32. The predicted octanol–water partition coefficient (Wildman–Crippen LogP) is 4.19. The lowest BCUT2D eigenvalue weighted by atomic mass is 9.96. The molecule has 29 heavy (non-hydrogen) atoms. The molecule has 1 fully saturated rings. The molecule has 0 saturated carbocycles. The van der Waals surface area contributed by atoms with Crippen molar-refractivity contribution in [2.75, 3.05) is 18.0 Å². The van der Waals surface area contributed by atoms with Gasteiger partial charge in [-0.05, 0) is 31.0 Å². The zero-order valence-corrected chi connectivity index (χ0v) is 17.7. The molecule has 13 heteroatoms. The van der Waals surface area contributed by atoms with E-state index in [0.29, 0.717) is 32.1 Å². The largest absolute Gasteiger partial charge is 0.417 e. The molecule has 6 nitrogen and oxygen atoms in total. The zero-order chi connectivity index (χ0) is 21.4. The van der Waals surface area contributed by atoms with Crippen LogP contribution in [-0.2, 0) is 21.0 Å². The first kappa shape index (κ1) is 22.1. The topological polar surface area (TPSA) is 79.4 Å². The number of pyridine rings is 1. The number of carbonyl (C=O) groups is 1. The smallest absolute Gasteiger partial charge is 0.355 e. The van der Waals surface area contributed by atoms with Crippen molar-refractivity contribution in [1.82, 2.24) is 9.71 Å². The van der Waals surface area contributed by atoms with Gasteiger partial charge in [-0.2, -0.15) is 13.2 Å². The third-order valence-electron chi connectivity index (χ3n) is 4.36. The number of nitrogens with one attached hydrogen (secondary N) is 1. The van der Waals surface area contributed by atoms with Crippen molar-refractivity contribution in [3.05, 3.63) is 39.3 Å². The highest BCUT2D eigenvalue weighted by Crippen LogP contribution is 2.34. The van der Waals surface area contributed by atoms with Crippen molar-refractivity contribution < 1.29 is 26.4 Å². The fourth-order valence-corrected chi connectivity index (χ4v) is 5.69.